The minimum absolute atomic E-state index is 0.0516. The summed E-state index contributed by atoms with van der Waals surface area (Å²) in [5, 5.41) is 15.0. The third kappa shape index (κ3) is 3.28. The van der Waals surface area contributed by atoms with Gasteiger partial charge >= 0.3 is 5.69 Å². The van der Waals surface area contributed by atoms with Crippen LogP contribution in [-0.4, -0.2) is 19.7 Å². The van der Waals surface area contributed by atoms with E-state index >= 15 is 0 Å². The zero-order valence-electron chi connectivity index (χ0n) is 10.1. The molecule has 0 saturated heterocycles. The van der Waals surface area contributed by atoms with Gasteiger partial charge in [-0.05, 0) is 22.4 Å². The second kappa shape index (κ2) is 5.79. The molecule has 0 aromatic carbocycles. The van der Waals surface area contributed by atoms with Crippen molar-refractivity contribution in [3.8, 4) is 11.6 Å². The normalized spacial score (nSPS) is 10.4. The van der Waals surface area contributed by atoms with Crippen LogP contribution in [0.15, 0.2) is 29.1 Å². The molecule has 0 fully saturated rings. The molecule has 0 aliphatic carbocycles. The van der Waals surface area contributed by atoms with Gasteiger partial charge in [0.1, 0.15) is 0 Å². The van der Waals surface area contributed by atoms with Crippen LogP contribution >= 0.6 is 15.9 Å². The maximum absolute atomic E-state index is 10.9. The maximum atomic E-state index is 10.9. The molecular formula is C11H11BrN4O3. The molecule has 0 saturated carbocycles. The monoisotopic (exact) mass is 326 g/mol. The van der Waals surface area contributed by atoms with Crippen molar-refractivity contribution in [3.63, 3.8) is 0 Å². The lowest BCUT2D eigenvalue weighted by Gasteiger charge is -2.02. The van der Waals surface area contributed by atoms with Gasteiger partial charge in [0.15, 0.2) is 5.75 Å². The predicted octanol–water partition coefficient (Wildman–Crippen LogP) is 3.15. The van der Waals surface area contributed by atoms with Crippen molar-refractivity contribution in [2.45, 2.75) is 19.9 Å². The molecule has 0 spiro atoms. The molecule has 2 rings (SSSR count). The zero-order chi connectivity index (χ0) is 13.8. The number of aryl methyl sites for hydroxylation is 1. The second-order valence-electron chi connectivity index (χ2n) is 3.78. The zero-order valence-corrected chi connectivity index (χ0v) is 11.7. The predicted molar refractivity (Wildman–Crippen MR) is 71.2 cm³/mol. The van der Waals surface area contributed by atoms with Crippen LogP contribution in [-0.2, 0) is 6.54 Å². The Morgan fingerprint density at radius 3 is 3.00 bits per heavy atom. The van der Waals surface area contributed by atoms with Crippen molar-refractivity contribution in [2.75, 3.05) is 0 Å². The Bertz CT molecular complexity index is 599. The summed E-state index contributed by atoms with van der Waals surface area (Å²) in [4.78, 5) is 14.3. The summed E-state index contributed by atoms with van der Waals surface area (Å²) < 4.78 is 7.63. The molecule has 2 aromatic rings. The second-order valence-corrected chi connectivity index (χ2v) is 4.69. The highest BCUT2D eigenvalue weighted by Gasteiger charge is 2.18. The lowest BCUT2D eigenvalue weighted by Crippen LogP contribution is -1.96. The third-order valence-electron chi connectivity index (χ3n) is 2.27. The Balaban J connectivity index is 2.24. The van der Waals surface area contributed by atoms with E-state index in [-0.39, 0.29) is 11.6 Å². The lowest BCUT2D eigenvalue weighted by atomic mass is 10.4. The number of rotatable bonds is 5. The Hall–Kier alpha value is -1.96. The molecule has 0 aliphatic heterocycles. The van der Waals surface area contributed by atoms with Crippen molar-refractivity contribution in [1.29, 1.82) is 0 Å². The number of ether oxygens (including phenoxy) is 1. The minimum atomic E-state index is -0.538. The molecule has 2 heterocycles. The number of pyridine rings is 1. The van der Waals surface area contributed by atoms with Crippen LogP contribution in [0.3, 0.4) is 0 Å². The van der Waals surface area contributed by atoms with Crippen molar-refractivity contribution in [1.82, 2.24) is 14.8 Å². The van der Waals surface area contributed by atoms with Gasteiger partial charge in [-0.15, -0.1) is 0 Å². The van der Waals surface area contributed by atoms with Crippen LogP contribution in [0.1, 0.15) is 13.3 Å². The van der Waals surface area contributed by atoms with Crippen molar-refractivity contribution in [2.24, 2.45) is 0 Å². The lowest BCUT2D eigenvalue weighted by molar-refractivity contribution is -0.386. The first-order valence-corrected chi connectivity index (χ1v) is 6.39. The van der Waals surface area contributed by atoms with E-state index in [2.05, 4.69) is 26.0 Å². The third-order valence-corrected chi connectivity index (χ3v) is 2.71. The number of hydrogen-bond donors (Lipinski definition) is 0. The van der Waals surface area contributed by atoms with Crippen molar-refractivity contribution < 1.29 is 9.66 Å². The average Bonchev–Trinajstić information content (AvgIpc) is 2.79. The fraction of sp³-hybridized carbons (Fsp3) is 0.273. The number of halogens is 1. The molecule has 0 N–H and O–H groups in total. The van der Waals surface area contributed by atoms with Crippen LogP contribution in [0.2, 0.25) is 0 Å². The summed E-state index contributed by atoms with van der Waals surface area (Å²) in [6, 6.07) is 1.35. The quantitative estimate of drug-likeness (QED) is 0.622. The fourth-order valence-electron chi connectivity index (χ4n) is 1.49. The summed E-state index contributed by atoms with van der Waals surface area (Å²) in [7, 11) is 0. The topological polar surface area (TPSA) is 83.1 Å². The number of hydrogen-bond acceptors (Lipinski definition) is 5. The van der Waals surface area contributed by atoms with Gasteiger partial charge in [-0.3, -0.25) is 14.8 Å². The van der Waals surface area contributed by atoms with Crippen molar-refractivity contribution >= 4 is 21.6 Å². The van der Waals surface area contributed by atoms with E-state index in [0.29, 0.717) is 10.2 Å². The first-order chi connectivity index (χ1) is 9.10. The van der Waals surface area contributed by atoms with E-state index in [0.717, 1.165) is 13.0 Å². The van der Waals surface area contributed by atoms with Crippen LogP contribution in [0, 0.1) is 10.1 Å². The average molecular weight is 327 g/mol. The molecule has 7 nitrogen and oxygen atoms in total. The summed E-state index contributed by atoms with van der Waals surface area (Å²) in [5.74, 6) is 0.371. The van der Waals surface area contributed by atoms with E-state index in [1.807, 2.05) is 6.92 Å². The van der Waals surface area contributed by atoms with Gasteiger partial charge in [0.2, 0.25) is 0 Å². The highest BCUT2D eigenvalue weighted by Crippen LogP contribution is 2.30. The molecular weight excluding hydrogens is 316 g/mol. The molecule has 0 bridgehead atoms. The Morgan fingerprint density at radius 2 is 2.32 bits per heavy atom. The standard InChI is InChI=1S/C11H11BrN4O3/c1-2-3-15-7-9(6-14-15)19-11-10(16(17)18)4-8(12)5-13-11/h4-7H,2-3H2,1H3. The van der Waals surface area contributed by atoms with Gasteiger partial charge in [0.05, 0.1) is 17.3 Å². The van der Waals surface area contributed by atoms with Gasteiger partial charge in [0, 0.05) is 23.3 Å². The molecule has 8 heteroatoms. The summed E-state index contributed by atoms with van der Waals surface area (Å²) in [5.41, 5.74) is -0.197. The summed E-state index contributed by atoms with van der Waals surface area (Å²) in [6.07, 6.45) is 5.57. The van der Waals surface area contributed by atoms with E-state index in [1.54, 1.807) is 10.9 Å². The molecule has 100 valence electrons. The van der Waals surface area contributed by atoms with Crippen LogP contribution in [0.5, 0.6) is 11.6 Å². The van der Waals surface area contributed by atoms with Crippen molar-refractivity contribution in [3.05, 3.63) is 39.2 Å². The largest absolute Gasteiger partial charge is 0.430 e. The maximum Gasteiger partial charge on any atom is 0.332 e. The van der Waals surface area contributed by atoms with Gasteiger partial charge in [0.25, 0.3) is 5.88 Å². The number of aromatic nitrogens is 3. The van der Waals surface area contributed by atoms with Crippen LogP contribution in [0.25, 0.3) is 0 Å². The Morgan fingerprint density at radius 1 is 1.53 bits per heavy atom. The summed E-state index contributed by atoms with van der Waals surface area (Å²) >= 11 is 3.14. The van der Waals surface area contributed by atoms with E-state index in [9.17, 15) is 10.1 Å². The molecule has 2 aromatic heterocycles. The molecule has 0 amide bonds. The molecule has 0 atom stereocenters. The molecule has 0 aliphatic rings. The highest BCUT2D eigenvalue weighted by atomic mass is 79.9. The molecule has 19 heavy (non-hydrogen) atoms. The minimum Gasteiger partial charge on any atom is -0.430 e. The first kappa shape index (κ1) is 13.5. The van der Waals surface area contributed by atoms with E-state index in [4.69, 9.17) is 4.74 Å². The Labute approximate surface area is 117 Å². The van der Waals surface area contributed by atoms with E-state index < -0.39 is 4.92 Å². The Kier molecular flexibility index (Phi) is 4.10. The van der Waals surface area contributed by atoms with Gasteiger partial charge in [-0.1, -0.05) is 6.92 Å². The number of nitro groups is 1. The molecule has 0 unspecified atom stereocenters. The van der Waals surface area contributed by atoms with Gasteiger partial charge in [-0.25, -0.2) is 4.98 Å². The van der Waals surface area contributed by atoms with Crippen LogP contribution < -0.4 is 4.74 Å². The first-order valence-electron chi connectivity index (χ1n) is 5.60. The SMILES string of the molecule is CCCn1cc(Oc2ncc(Br)cc2[N+](=O)[O-])cn1. The highest BCUT2D eigenvalue weighted by molar-refractivity contribution is 9.10. The molecule has 0 radical (unpaired) electrons. The fourth-order valence-corrected chi connectivity index (χ4v) is 1.81. The summed E-state index contributed by atoms with van der Waals surface area (Å²) in [6.45, 7) is 2.79. The van der Waals surface area contributed by atoms with Crippen LogP contribution in [0.4, 0.5) is 5.69 Å². The number of nitrogens with zero attached hydrogens (tertiary/aromatic N) is 4. The van der Waals surface area contributed by atoms with Gasteiger partial charge in [-0.2, -0.15) is 5.10 Å². The smallest absolute Gasteiger partial charge is 0.332 e. The van der Waals surface area contributed by atoms with E-state index in [1.165, 1.54) is 18.5 Å². The van der Waals surface area contributed by atoms with Gasteiger partial charge < -0.3 is 4.74 Å².